The topological polar surface area (TPSA) is 98.2 Å². The van der Waals surface area contributed by atoms with Crippen LogP contribution in [0.4, 0.5) is 0 Å². The number of para-hydroxylation sites is 1. The zero-order chi connectivity index (χ0) is 18.8. The molecule has 1 aliphatic heterocycles. The van der Waals surface area contributed by atoms with Crippen molar-refractivity contribution in [2.45, 2.75) is 25.4 Å². The number of nitrogens with one attached hydrogen (secondary N) is 2. The van der Waals surface area contributed by atoms with Gasteiger partial charge in [-0.05, 0) is 11.6 Å². The van der Waals surface area contributed by atoms with Gasteiger partial charge >= 0.3 is 5.97 Å². The quantitative estimate of drug-likeness (QED) is 0.668. The first-order valence-electron chi connectivity index (χ1n) is 8.79. The molecule has 8 nitrogen and oxygen atoms in total. The maximum Gasteiger partial charge on any atom is 0.328 e. The van der Waals surface area contributed by atoms with Crippen LogP contribution in [0.1, 0.15) is 22.3 Å². The molecule has 4 rings (SSSR count). The minimum Gasteiger partial charge on any atom is -0.477 e. The summed E-state index contributed by atoms with van der Waals surface area (Å²) in [5.41, 5.74) is 2.22. The minimum atomic E-state index is -0.819. The van der Waals surface area contributed by atoms with Crippen LogP contribution in [0.3, 0.4) is 0 Å². The molecule has 3 aromatic rings. The Morgan fingerprint density at radius 2 is 2.26 bits per heavy atom. The van der Waals surface area contributed by atoms with Gasteiger partial charge in [-0.3, -0.25) is 4.79 Å². The van der Waals surface area contributed by atoms with Crippen LogP contribution in [0, 0.1) is 0 Å². The first-order valence-corrected chi connectivity index (χ1v) is 8.79. The van der Waals surface area contributed by atoms with Gasteiger partial charge in [0.05, 0.1) is 19.9 Å². The van der Waals surface area contributed by atoms with Crippen LogP contribution < -0.4 is 10.1 Å². The smallest absolute Gasteiger partial charge is 0.328 e. The third-order valence-electron chi connectivity index (χ3n) is 4.68. The van der Waals surface area contributed by atoms with E-state index in [4.69, 9.17) is 9.47 Å². The van der Waals surface area contributed by atoms with Gasteiger partial charge < -0.3 is 19.8 Å². The van der Waals surface area contributed by atoms with Crippen LogP contribution in [0.2, 0.25) is 0 Å². The van der Waals surface area contributed by atoms with Crippen molar-refractivity contribution < 1.29 is 19.1 Å². The van der Waals surface area contributed by atoms with Gasteiger partial charge in [0.25, 0.3) is 5.91 Å². The molecule has 2 N–H and O–H groups in total. The number of carbonyl (C=O) groups excluding carboxylic acids is 2. The van der Waals surface area contributed by atoms with E-state index in [9.17, 15) is 9.59 Å². The SMILES string of the molecule is COC(=O)[C@@H](Cc1c[nH]c2ccccc12)NC(=O)c1cnn2c1OCCC2. The Morgan fingerprint density at radius 1 is 1.41 bits per heavy atom. The highest BCUT2D eigenvalue weighted by molar-refractivity contribution is 5.98. The molecule has 2 aromatic heterocycles. The van der Waals surface area contributed by atoms with E-state index in [1.165, 1.54) is 13.3 Å². The number of aryl methyl sites for hydroxylation is 1. The molecule has 140 valence electrons. The summed E-state index contributed by atoms with van der Waals surface area (Å²) in [6.45, 7) is 1.25. The summed E-state index contributed by atoms with van der Waals surface area (Å²) < 4.78 is 12.1. The number of esters is 1. The molecule has 27 heavy (non-hydrogen) atoms. The van der Waals surface area contributed by atoms with E-state index >= 15 is 0 Å². The fourth-order valence-corrected chi connectivity index (χ4v) is 3.32. The van der Waals surface area contributed by atoms with Crippen LogP contribution in [-0.4, -0.2) is 46.4 Å². The first kappa shape index (κ1) is 17.1. The van der Waals surface area contributed by atoms with Crippen LogP contribution >= 0.6 is 0 Å². The van der Waals surface area contributed by atoms with Crippen molar-refractivity contribution in [3.8, 4) is 5.88 Å². The molecular formula is C19H20N4O4. The minimum absolute atomic E-state index is 0.312. The summed E-state index contributed by atoms with van der Waals surface area (Å²) in [5.74, 6) is -0.474. The first-order chi connectivity index (χ1) is 13.2. The fourth-order valence-electron chi connectivity index (χ4n) is 3.32. The van der Waals surface area contributed by atoms with E-state index in [0.717, 1.165) is 22.9 Å². The molecule has 3 heterocycles. The number of aromatic amines is 1. The molecule has 8 heteroatoms. The van der Waals surface area contributed by atoms with Gasteiger partial charge in [-0.1, -0.05) is 18.2 Å². The third kappa shape index (κ3) is 3.25. The number of aromatic nitrogens is 3. The maximum absolute atomic E-state index is 12.7. The van der Waals surface area contributed by atoms with Gasteiger partial charge in [0.2, 0.25) is 5.88 Å². The molecule has 1 aliphatic rings. The second-order valence-corrected chi connectivity index (χ2v) is 6.40. The van der Waals surface area contributed by atoms with Crippen molar-refractivity contribution in [2.75, 3.05) is 13.7 Å². The van der Waals surface area contributed by atoms with Gasteiger partial charge in [-0.25, -0.2) is 9.48 Å². The zero-order valence-corrected chi connectivity index (χ0v) is 14.9. The summed E-state index contributed by atoms with van der Waals surface area (Å²) in [4.78, 5) is 28.2. The molecule has 0 aliphatic carbocycles. The van der Waals surface area contributed by atoms with Crippen LogP contribution in [0.15, 0.2) is 36.7 Å². The predicted molar refractivity (Wildman–Crippen MR) is 97.6 cm³/mol. The van der Waals surface area contributed by atoms with E-state index < -0.39 is 17.9 Å². The summed E-state index contributed by atoms with van der Waals surface area (Å²) in [6, 6.07) is 6.98. The maximum atomic E-state index is 12.7. The van der Waals surface area contributed by atoms with Gasteiger partial charge in [0.1, 0.15) is 11.6 Å². The third-order valence-corrected chi connectivity index (χ3v) is 4.68. The summed E-state index contributed by atoms with van der Waals surface area (Å²) in [7, 11) is 1.31. The average Bonchev–Trinajstić information content (AvgIpc) is 3.31. The van der Waals surface area contributed by atoms with Gasteiger partial charge in [-0.15, -0.1) is 0 Å². The average molecular weight is 368 g/mol. The highest BCUT2D eigenvalue weighted by Crippen LogP contribution is 2.23. The molecule has 1 atom stereocenters. The van der Waals surface area contributed by atoms with Crippen molar-refractivity contribution in [1.29, 1.82) is 0 Å². The fraction of sp³-hybridized carbons (Fsp3) is 0.316. The lowest BCUT2D eigenvalue weighted by Gasteiger charge is -2.18. The number of hydrogen-bond donors (Lipinski definition) is 2. The van der Waals surface area contributed by atoms with Crippen molar-refractivity contribution in [1.82, 2.24) is 20.1 Å². The Hall–Kier alpha value is -3.29. The normalized spacial score (nSPS) is 14.3. The highest BCUT2D eigenvalue weighted by atomic mass is 16.5. The number of nitrogens with zero attached hydrogens (tertiary/aromatic N) is 2. The number of H-pyrrole nitrogens is 1. The number of carbonyl (C=O) groups is 2. The number of hydrogen-bond acceptors (Lipinski definition) is 5. The Kier molecular flexibility index (Phi) is 4.53. The number of rotatable bonds is 5. The molecule has 0 fully saturated rings. The molecule has 0 saturated heterocycles. The number of benzene rings is 1. The number of methoxy groups -OCH3 is 1. The van der Waals surface area contributed by atoms with Crippen LogP contribution in [-0.2, 0) is 22.5 Å². The molecule has 1 aromatic carbocycles. The molecular weight excluding hydrogens is 348 g/mol. The number of amides is 1. The van der Waals surface area contributed by atoms with Crippen molar-refractivity contribution in [2.24, 2.45) is 0 Å². The molecule has 0 radical (unpaired) electrons. The van der Waals surface area contributed by atoms with Gasteiger partial charge in [0.15, 0.2) is 0 Å². The molecule has 0 bridgehead atoms. The monoisotopic (exact) mass is 368 g/mol. The highest BCUT2D eigenvalue weighted by Gasteiger charge is 2.27. The van der Waals surface area contributed by atoms with Crippen LogP contribution in [0.5, 0.6) is 5.88 Å². The Balaban J connectivity index is 1.56. The van der Waals surface area contributed by atoms with Crippen molar-refractivity contribution >= 4 is 22.8 Å². The Bertz CT molecular complexity index is 991. The van der Waals surface area contributed by atoms with E-state index in [-0.39, 0.29) is 0 Å². The number of fused-ring (bicyclic) bond motifs is 2. The van der Waals surface area contributed by atoms with E-state index in [0.29, 0.717) is 31.0 Å². The van der Waals surface area contributed by atoms with Gasteiger partial charge in [-0.2, -0.15) is 5.10 Å². The van der Waals surface area contributed by atoms with Crippen molar-refractivity contribution in [3.63, 3.8) is 0 Å². The number of ether oxygens (including phenoxy) is 2. The molecule has 1 amide bonds. The summed E-state index contributed by atoms with van der Waals surface area (Å²) >= 11 is 0. The zero-order valence-electron chi connectivity index (χ0n) is 14.9. The largest absolute Gasteiger partial charge is 0.477 e. The van der Waals surface area contributed by atoms with E-state index in [2.05, 4.69) is 15.4 Å². The van der Waals surface area contributed by atoms with E-state index in [1.807, 2.05) is 30.5 Å². The van der Waals surface area contributed by atoms with Crippen LogP contribution in [0.25, 0.3) is 10.9 Å². The van der Waals surface area contributed by atoms with E-state index in [1.54, 1.807) is 4.68 Å². The molecule has 0 unspecified atom stereocenters. The summed E-state index contributed by atoms with van der Waals surface area (Å²) in [5, 5.41) is 7.95. The summed E-state index contributed by atoms with van der Waals surface area (Å²) in [6.07, 6.45) is 4.47. The van der Waals surface area contributed by atoms with Gasteiger partial charge in [0, 0.05) is 36.5 Å². The second-order valence-electron chi connectivity index (χ2n) is 6.40. The van der Waals surface area contributed by atoms with Crippen molar-refractivity contribution in [3.05, 3.63) is 47.8 Å². The molecule has 0 saturated carbocycles. The lowest BCUT2D eigenvalue weighted by Crippen LogP contribution is -2.43. The predicted octanol–water partition coefficient (Wildman–Crippen LogP) is 1.66. The Morgan fingerprint density at radius 3 is 3.11 bits per heavy atom. The Labute approximate surface area is 155 Å². The standard InChI is InChI=1S/C19H20N4O4/c1-26-19(25)16(9-12-10-20-15-6-3-2-5-13(12)15)22-17(24)14-11-21-23-7-4-8-27-18(14)23/h2-3,5-6,10-11,16,20H,4,7-9H2,1H3,(H,22,24)/t16-/m1/s1. The second kappa shape index (κ2) is 7.14. The molecule has 0 spiro atoms. The lowest BCUT2D eigenvalue weighted by molar-refractivity contribution is -0.142. The lowest BCUT2D eigenvalue weighted by atomic mass is 10.0.